The molecule has 2 aromatic rings. The van der Waals surface area contributed by atoms with Gasteiger partial charge < -0.3 is 5.32 Å². The van der Waals surface area contributed by atoms with E-state index in [0.717, 1.165) is 17.3 Å². The second-order valence-electron chi connectivity index (χ2n) is 5.92. The monoisotopic (exact) mass is 345 g/mol. The van der Waals surface area contributed by atoms with Gasteiger partial charge in [-0.3, -0.25) is 0 Å². The number of hydrogen-bond acceptors (Lipinski definition) is 1. The van der Waals surface area contributed by atoms with Crippen molar-refractivity contribution < 1.29 is 0 Å². The van der Waals surface area contributed by atoms with Crippen LogP contribution in [0.1, 0.15) is 36.5 Å². The van der Waals surface area contributed by atoms with Gasteiger partial charge in [-0.15, -0.1) is 0 Å². The second kappa shape index (κ2) is 7.77. The highest BCUT2D eigenvalue weighted by Gasteiger charge is 2.09. The van der Waals surface area contributed by atoms with Gasteiger partial charge in [-0.2, -0.15) is 0 Å². The molecule has 0 heterocycles. The molecule has 0 radical (unpaired) electrons. The van der Waals surface area contributed by atoms with Crippen LogP contribution < -0.4 is 5.32 Å². The van der Waals surface area contributed by atoms with Crippen LogP contribution in [0.2, 0.25) is 0 Å². The molecule has 1 unspecified atom stereocenters. The van der Waals surface area contributed by atoms with Gasteiger partial charge in [-0.1, -0.05) is 66.2 Å². The Morgan fingerprint density at radius 3 is 2.19 bits per heavy atom. The van der Waals surface area contributed by atoms with Crippen molar-refractivity contribution in [2.75, 3.05) is 7.05 Å². The summed E-state index contributed by atoms with van der Waals surface area (Å²) in [5.41, 5.74) is 4.17. The van der Waals surface area contributed by atoms with Crippen molar-refractivity contribution in [2.24, 2.45) is 0 Å². The van der Waals surface area contributed by atoms with Crippen molar-refractivity contribution >= 4 is 15.9 Å². The van der Waals surface area contributed by atoms with Crippen molar-refractivity contribution in [2.45, 2.75) is 38.6 Å². The second-order valence-corrected chi connectivity index (χ2v) is 6.84. The third kappa shape index (κ3) is 4.98. The molecule has 0 spiro atoms. The van der Waals surface area contributed by atoms with E-state index in [1.807, 2.05) is 7.05 Å². The Morgan fingerprint density at radius 1 is 0.952 bits per heavy atom. The number of rotatable bonds is 6. The predicted molar refractivity (Wildman–Crippen MR) is 94.9 cm³/mol. The van der Waals surface area contributed by atoms with E-state index in [0.29, 0.717) is 12.0 Å². The fourth-order valence-corrected chi connectivity index (χ4v) is 2.99. The van der Waals surface area contributed by atoms with Crippen molar-refractivity contribution in [1.29, 1.82) is 0 Å². The average molecular weight is 346 g/mol. The molecule has 1 N–H and O–H groups in total. The molecule has 0 aliphatic rings. The van der Waals surface area contributed by atoms with Crippen LogP contribution >= 0.6 is 15.9 Å². The zero-order valence-electron chi connectivity index (χ0n) is 13.1. The number of halogens is 1. The van der Waals surface area contributed by atoms with E-state index in [-0.39, 0.29) is 0 Å². The Bertz CT molecular complexity index is 560. The average Bonchev–Trinajstić information content (AvgIpc) is 2.47. The summed E-state index contributed by atoms with van der Waals surface area (Å²) in [6, 6.07) is 18.1. The topological polar surface area (TPSA) is 12.0 Å². The fraction of sp³-hybridized carbons (Fsp3) is 0.368. The summed E-state index contributed by atoms with van der Waals surface area (Å²) in [4.78, 5) is 0. The Kier molecular flexibility index (Phi) is 6.01. The molecule has 2 rings (SSSR count). The molecule has 0 amide bonds. The van der Waals surface area contributed by atoms with Gasteiger partial charge in [-0.05, 0) is 54.6 Å². The molecule has 2 heteroatoms. The van der Waals surface area contributed by atoms with E-state index in [1.165, 1.54) is 16.7 Å². The molecule has 1 atom stereocenters. The van der Waals surface area contributed by atoms with Crippen LogP contribution in [0.15, 0.2) is 53.0 Å². The van der Waals surface area contributed by atoms with Gasteiger partial charge in [0.2, 0.25) is 0 Å². The van der Waals surface area contributed by atoms with Crippen LogP contribution in [0, 0.1) is 0 Å². The summed E-state index contributed by atoms with van der Waals surface area (Å²) >= 11 is 3.54. The molecule has 112 valence electrons. The first kappa shape index (κ1) is 16.3. The zero-order chi connectivity index (χ0) is 15.2. The summed E-state index contributed by atoms with van der Waals surface area (Å²) in [5, 5.41) is 3.44. The minimum atomic E-state index is 0.462. The Morgan fingerprint density at radius 2 is 1.62 bits per heavy atom. The molecular formula is C19H24BrN. The molecule has 0 aliphatic carbocycles. The summed E-state index contributed by atoms with van der Waals surface area (Å²) < 4.78 is 1.15. The van der Waals surface area contributed by atoms with Crippen LogP contribution in [0.3, 0.4) is 0 Å². The first-order valence-corrected chi connectivity index (χ1v) is 8.38. The summed E-state index contributed by atoms with van der Waals surface area (Å²) in [6.07, 6.45) is 2.10. The van der Waals surface area contributed by atoms with Crippen LogP contribution in [-0.4, -0.2) is 13.1 Å². The van der Waals surface area contributed by atoms with Gasteiger partial charge in [0.15, 0.2) is 0 Å². The van der Waals surface area contributed by atoms with E-state index < -0.39 is 0 Å². The highest BCUT2D eigenvalue weighted by atomic mass is 79.9. The normalized spacial score (nSPS) is 12.6. The predicted octanol–water partition coefficient (Wildman–Crippen LogP) is 4.95. The number of hydrogen-bond donors (Lipinski definition) is 1. The minimum Gasteiger partial charge on any atom is -0.316 e. The van der Waals surface area contributed by atoms with Crippen molar-refractivity contribution in [1.82, 2.24) is 5.32 Å². The first-order valence-electron chi connectivity index (χ1n) is 7.59. The summed E-state index contributed by atoms with van der Waals surface area (Å²) in [7, 11) is 2.05. The molecule has 2 aromatic carbocycles. The fourth-order valence-electron chi connectivity index (χ4n) is 2.55. The smallest absolute Gasteiger partial charge is 0.0178 e. The number of likely N-dealkylation sites (N-methyl/N-ethyl adjacent to an activating group) is 1. The van der Waals surface area contributed by atoms with Gasteiger partial charge in [0.1, 0.15) is 0 Å². The van der Waals surface area contributed by atoms with Crippen molar-refractivity contribution in [3.05, 3.63) is 69.7 Å². The molecule has 1 nitrogen and oxygen atoms in total. The lowest BCUT2D eigenvalue weighted by Crippen LogP contribution is -2.29. The maximum Gasteiger partial charge on any atom is 0.0178 e. The summed E-state index contributed by atoms with van der Waals surface area (Å²) in [5.74, 6) is 0.598. The van der Waals surface area contributed by atoms with Crippen molar-refractivity contribution in [3.63, 3.8) is 0 Å². The van der Waals surface area contributed by atoms with Crippen LogP contribution in [0.5, 0.6) is 0 Å². The van der Waals surface area contributed by atoms with E-state index in [1.54, 1.807) is 0 Å². The lowest BCUT2D eigenvalue weighted by Gasteiger charge is -2.17. The number of nitrogens with one attached hydrogen (secondary N) is 1. The summed E-state index contributed by atoms with van der Waals surface area (Å²) in [6.45, 7) is 4.47. The lowest BCUT2D eigenvalue weighted by atomic mass is 9.96. The van der Waals surface area contributed by atoms with Crippen molar-refractivity contribution in [3.8, 4) is 0 Å². The molecule has 0 fully saturated rings. The molecule has 0 saturated heterocycles. The molecule has 0 saturated carbocycles. The number of benzene rings is 2. The van der Waals surface area contributed by atoms with E-state index in [4.69, 9.17) is 0 Å². The Balaban J connectivity index is 2.01. The van der Waals surface area contributed by atoms with Crippen LogP contribution in [0.25, 0.3) is 0 Å². The van der Waals surface area contributed by atoms with Gasteiger partial charge in [0, 0.05) is 10.5 Å². The van der Waals surface area contributed by atoms with Crippen LogP contribution in [-0.2, 0) is 12.8 Å². The van der Waals surface area contributed by atoms with Gasteiger partial charge >= 0.3 is 0 Å². The van der Waals surface area contributed by atoms with Gasteiger partial charge in [0.25, 0.3) is 0 Å². The first-order chi connectivity index (χ1) is 10.1. The quantitative estimate of drug-likeness (QED) is 0.781. The minimum absolute atomic E-state index is 0.462. The zero-order valence-corrected chi connectivity index (χ0v) is 14.7. The van der Waals surface area contributed by atoms with Gasteiger partial charge in [0.05, 0.1) is 0 Å². The molecule has 0 aromatic heterocycles. The maximum atomic E-state index is 3.54. The molecular weight excluding hydrogens is 322 g/mol. The largest absolute Gasteiger partial charge is 0.316 e. The molecule has 0 bridgehead atoms. The highest BCUT2D eigenvalue weighted by Crippen LogP contribution is 2.17. The molecule has 21 heavy (non-hydrogen) atoms. The SMILES string of the molecule is CNC(Cc1ccc(C(C)C)cc1)Cc1cccc(Br)c1. The molecule has 0 aliphatic heterocycles. The van der Waals surface area contributed by atoms with E-state index in [2.05, 4.69) is 83.6 Å². The lowest BCUT2D eigenvalue weighted by molar-refractivity contribution is 0.556. The van der Waals surface area contributed by atoms with Gasteiger partial charge in [-0.25, -0.2) is 0 Å². The third-order valence-electron chi connectivity index (χ3n) is 3.91. The third-order valence-corrected chi connectivity index (χ3v) is 4.40. The highest BCUT2D eigenvalue weighted by molar-refractivity contribution is 9.10. The van der Waals surface area contributed by atoms with E-state index in [9.17, 15) is 0 Å². The maximum absolute atomic E-state index is 3.54. The van der Waals surface area contributed by atoms with Crippen LogP contribution in [0.4, 0.5) is 0 Å². The Labute approximate surface area is 136 Å². The Hall–Kier alpha value is -1.12. The standard InChI is InChI=1S/C19H24BrN/c1-14(2)17-9-7-15(8-10-17)12-19(21-3)13-16-5-4-6-18(20)11-16/h4-11,14,19,21H,12-13H2,1-3H3. The van der Waals surface area contributed by atoms with E-state index >= 15 is 0 Å².